The van der Waals surface area contributed by atoms with Crippen molar-refractivity contribution in [1.29, 1.82) is 0 Å². The van der Waals surface area contributed by atoms with E-state index in [1.807, 2.05) is 12.5 Å². The zero-order chi connectivity index (χ0) is 11.9. The van der Waals surface area contributed by atoms with Gasteiger partial charge in [0.25, 0.3) is 0 Å². The van der Waals surface area contributed by atoms with E-state index in [1.165, 1.54) is 38.5 Å². The number of fused-ring (bicyclic) bond motifs is 1. The van der Waals surface area contributed by atoms with Crippen molar-refractivity contribution in [3.8, 4) is 11.5 Å². The van der Waals surface area contributed by atoms with Crippen LogP contribution in [-0.4, -0.2) is 19.5 Å². The third-order valence-electron chi connectivity index (χ3n) is 2.99. The zero-order valence-electron chi connectivity index (χ0n) is 10.5. The highest BCUT2D eigenvalue weighted by Gasteiger charge is 2.05. The van der Waals surface area contributed by atoms with Gasteiger partial charge in [-0.15, -0.1) is 0 Å². The molecule has 0 unspecified atom stereocenters. The normalized spacial score (nSPS) is 11.1. The van der Waals surface area contributed by atoms with Gasteiger partial charge in [0.15, 0.2) is 5.82 Å². The van der Waals surface area contributed by atoms with Crippen molar-refractivity contribution in [2.75, 3.05) is 0 Å². The average molecular weight is 232 g/mol. The first kappa shape index (κ1) is 12.0. The lowest BCUT2D eigenvalue weighted by atomic mass is 10.1. The fourth-order valence-corrected chi connectivity index (χ4v) is 1.98. The van der Waals surface area contributed by atoms with E-state index >= 15 is 0 Å². The molecule has 0 saturated heterocycles. The highest BCUT2D eigenvalue weighted by molar-refractivity contribution is 5.47. The fraction of sp³-hybridized carbons (Fsp3) is 0.615. The highest BCUT2D eigenvalue weighted by Crippen LogP contribution is 2.12. The molecule has 0 atom stereocenters. The molecule has 0 spiro atoms. The van der Waals surface area contributed by atoms with Crippen molar-refractivity contribution in [3.63, 3.8) is 0 Å². The summed E-state index contributed by atoms with van der Waals surface area (Å²) in [6, 6.07) is 0. The van der Waals surface area contributed by atoms with Gasteiger partial charge in [0, 0.05) is 12.7 Å². The van der Waals surface area contributed by atoms with E-state index < -0.39 is 0 Å². The number of hydrogen-bond donors (Lipinski definition) is 0. The topological polar surface area (TPSA) is 43.6 Å². The second kappa shape index (κ2) is 6.33. The first-order valence-corrected chi connectivity index (χ1v) is 6.52. The van der Waals surface area contributed by atoms with E-state index in [9.17, 15) is 0 Å². The maximum absolute atomic E-state index is 4.26. The molecule has 0 fully saturated rings. The monoisotopic (exact) mass is 232 g/mol. The van der Waals surface area contributed by atoms with E-state index in [0.29, 0.717) is 0 Å². The van der Waals surface area contributed by atoms with E-state index in [0.717, 1.165) is 18.1 Å². The maximum atomic E-state index is 4.26. The Morgan fingerprint density at radius 3 is 2.71 bits per heavy atom. The van der Waals surface area contributed by atoms with Gasteiger partial charge < -0.3 is 4.57 Å². The molecule has 0 aliphatic carbocycles. The predicted octanol–water partition coefficient (Wildman–Crippen LogP) is 3.14. The Balaban J connectivity index is 1.74. The van der Waals surface area contributed by atoms with Crippen LogP contribution in [0.3, 0.4) is 0 Å². The highest BCUT2D eigenvalue weighted by atomic mass is 15.1. The Bertz CT molecular complexity index is 410. The first-order valence-electron chi connectivity index (χ1n) is 6.52. The van der Waals surface area contributed by atoms with Crippen LogP contribution in [0.5, 0.6) is 0 Å². The van der Waals surface area contributed by atoms with Crippen LogP contribution in [0.2, 0.25) is 0 Å². The molecule has 2 aliphatic rings. The zero-order valence-corrected chi connectivity index (χ0v) is 10.5. The predicted molar refractivity (Wildman–Crippen MR) is 67.8 cm³/mol. The van der Waals surface area contributed by atoms with E-state index in [2.05, 4.69) is 26.4 Å². The fourth-order valence-electron chi connectivity index (χ4n) is 1.98. The summed E-state index contributed by atoms with van der Waals surface area (Å²) in [5.74, 6) is 0.740. The Morgan fingerprint density at radius 1 is 1.00 bits per heavy atom. The molecule has 0 amide bonds. The quantitative estimate of drug-likeness (QED) is 0.689. The molecule has 0 radical (unpaired) electrons. The van der Waals surface area contributed by atoms with Crippen LogP contribution in [0.25, 0.3) is 11.5 Å². The van der Waals surface area contributed by atoms with Gasteiger partial charge in [-0.3, -0.25) is 0 Å². The van der Waals surface area contributed by atoms with Crippen LogP contribution in [0.4, 0.5) is 0 Å². The summed E-state index contributed by atoms with van der Waals surface area (Å²) >= 11 is 0. The maximum Gasteiger partial charge on any atom is 0.182 e. The first-order chi connectivity index (χ1) is 8.40. The van der Waals surface area contributed by atoms with Crippen molar-refractivity contribution in [2.24, 2.45) is 0 Å². The number of unbranched alkanes of at least 4 members (excludes halogenated alkanes) is 5. The third-order valence-corrected chi connectivity index (χ3v) is 2.99. The van der Waals surface area contributed by atoms with Gasteiger partial charge in [0.05, 0.1) is 6.33 Å². The smallest absolute Gasteiger partial charge is 0.182 e. The number of nitrogens with zero attached hydrogens (tertiary/aromatic N) is 4. The summed E-state index contributed by atoms with van der Waals surface area (Å²) in [6.07, 6.45) is 13.4. The molecule has 0 aromatic rings. The Kier molecular flexibility index (Phi) is 4.47. The molecular weight excluding hydrogens is 212 g/mol. The van der Waals surface area contributed by atoms with Gasteiger partial charge in [-0.05, 0) is 6.42 Å². The number of aromatic nitrogens is 4. The summed E-state index contributed by atoms with van der Waals surface area (Å²) in [7, 11) is 0. The van der Waals surface area contributed by atoms with E-state index in [-0.39, 0.29) is 0 Å². The molecule has 2 heterocycles. The largest absolute Gasteiger partial charge is 0.337 e. The number of aryl methyl sites for hydroxylation is 1. The summed E-state index contributed by atoms with van der Waals surface area (Å²) in [5, 5.41) is 0. The Labute approximate surface area is 102 Å². The third kappa shape index (κ3) is 3.51. The van der Waals surface area contributed by atoms with Crippen molar-refractivity contribution in [2.45, 2.75) is 52.0 Å². The van der Waals surface area contributed by atoms with Crippen molar-refractivity contribution >= 4 is 0 Å². The average Bonchev–Trinajstić information content (AvgIpc) is 2.81. The Hall–Kier alpha value is -1.45. The molecule has 0 N–H and O–H groups in total. The van der Waals surface area contributed by atoms with Crippen molar-refractivity contribution in [3.05, 3.63) is 18.9 Å². The molecule has 4 heteroatoms. The summed E-state index contributed by atoms with van der Waals surface area (Å²) in [6.45, 7) is 3.28. The Morgan fingerprint density at radius 2 is 1.82 bits per heavy atom. The molecule has 2 rings (SSSR count). The molecule has 0 aromatic heterocycles. The summed E-state index contributed by atoms with van der Waals surface area (Å²) in [4.78, 5) is 12.5. The molecule has 0 aromatic carbocycles. The van der Waals surface area contributed by atoms with Gasteiger partial charge >= 0.3 is 0 Å². The van der Waals surface area contributed by atoms with E-state index in [1.54, 1.807) is 6.33 Å². The van der Waals surface area contributed by atoms with Crippen LogP contribution in [-0.2, 0) is 6.54 Å². The SMILES string of the molecule is CCCCCCCCn1cnc2ncnc-2c1. The number of hydrogen-bond acceptors (Lipinski definition) is 3. The van der Waals surface area contributed by atoms with Crippen molar-refractivity contribution < 1.29 is 0 Å². The van der Waals surface area contributed by atoms with Gasteiger partial charge in [-0.25, -0.2) is 15.0 Å². The second-order valence-corrected chi connectivity index (χ2v) is 4.46. The second-order valence-electron chi connectivity index (χ2n) is 4.46. The molecule has 0 bridgehead atoms. The molecule has 2 aliphatic heterocycles. The molecule has 92 valence electrons. The van der Waals surface area contributed by atoms with Gasteiger partial charge in [-0.1, -0.05) is 39.0 Å². The van der Waals surface area contributed by atoms with Crippen molar-refractivity contribution in [1.82, 2.24) is 19.5 Å². The minimum Gasteiger partial charge on any atom is -0.337 e. The lowest BCUT2D eigenvalue weighted by molar-refractivity contribution is 0.552. The standard InChI is InChI=1S/C13H20N4/c1-2-3-4-5-6-7-8-17-9-12-13(16-11-17)15-10-14-12/h9-11H,2-8H2,1H3. The van der Waals surface area contributed by atoms with Crippen LogP contribution in [0.1, 0.15) is 45.4 Å². The van der Waals surface area contributed by atoms with Crippen LogP contribution in [0.15, 0.2) is 18.9 Å². The number of rotatable bonds is 7. The lowest BCUT2D eigenvalue weighted by Gasteiger charge is -2.06. The number of imidazole rings is 1. The molecule has 0 saturated carbocycles. The van der Waals surface area contributed by atoms with Crippen LogP contribution >= 0.6 is 0 Å². The van der Waals surface area contributed by atoms with Gasteiger partial charge in [0.1, 0.15) is 12.0 Å². The molecular formula is C13H20N4. The minimum absolute atomic E-state index is 0.740. The molecule has 4 nitrogen and oxygen atoms in total. The van der Waals surface area contributed by atoms with E-state index in [4.69, 9.17) is 0 Å². The van der Waals surface area contributed by atoms with Crippen LogP contribution < -0.4 is 0 Å². The summed E-state index contributed by atoms with van der Waals surface area (Å²) < 4.78 is 2.11. The summed E-state index contributed by atoms with van der Waals surface area (Å²) in [5.41, 5.74) is 0.887. The minimum atomic E-state index is 0.740. The van der Waals surface area contributed by atoms with Gasteiger partial charge in [-0.2, -0.15) is 0 Å². The molecule has 17 heavy (non-hydrogen) atoms. The van der Waals surface area contributed by atoms with Crippen LogP contribution in [0, 0.1) is 0 Å². The van der Waals surface area contributed by atoms with Gasteiger partial charge in [0.2, 0.25) is 0 Å². The lowest BCUT2D eigenvalue weighted by Crippen LogP contribution is -2.01.